The first-order valence-electron chi connectivity index (χ1n) is 6.14. The van der Waals surface area contributed by atoms with Crippen LogP contribution >= 0.6 is 0 Å². The second-order valence-electron chi connectivity index (χ2n) is 4.85. The van der Waals surface area contributed by atoms with E-state index >= 15 is 0 Å². The fourth-order valence-corrected chi connectivity index (χ4v) is 2.14. The molecule has 0 saturated carbocycles. The number of amides is 1. The maximum atomic E-state index is 11.8. The molecule has 17 heavy (non-hydrogen) atoms. The van der Waals surface area contributed by atoms with Gasteiger partial charge in [0.25, 0.3) is 5.91 Å². The van der Waals surface area contributed by atoms with E-state index in [1.807, 2.05) is 7.05 Å². The summed E-state index contributed by atoms with van der Waals surface area (Å²) < 4.78 is 1.73. The minimum Gasteiger partial charge on any atom is -0.350 e. The van der Waals surface area contributed by atoms with Gasteiger partial charge >= 0.3 is 0 Å². The quantitative estimate of drug-likeness (QED) is 0.805. The smallest absolute Gasteiger partial charge is 0.269 e. The average Bonchev–Trinajstić information content (AvgIpc) is 2.74. The largest absolute Gasteiger partial charge is 0.350 e. The van der Waals surface area contributed by atoms with Crippen LogP contribution in [0.5, 0.6) is 0 Å². The Balaban J connectivity index is 1.79. The molecule has 1 aromatic rings. The van der Waals surface area contributed by atoms with Gasteiger partial charge < -0.3 is 15.2 Å². The van der Waals surface area contributed by atoms with E-state index in [0.717, 1.165) is 13.1 Å². The molecule has 94 valence electrons. The number of rotatable bonds is 3. The maximum Gasteiger partial charge on any atom is 0.269 e. The van der Waals surface area contributed by atoms with E-state index in [2.05, 4.69) is 22.5 Å². The van der Waals surface area contributed by atoms with Crippen LogP contribution in [0.25, 0.3) is 0 Å². The van der Waals surface area contributed by atoms with Gasteiger partial charge in [-0.15, -0.1) is 0 Å². The summed E-state index contributed by atoms with van der Waals surface area (Å²) in [6, 6.07) is 0.610. The van der Waals surface area contributed by atoms with Gasteiger partial charge in [0, 0.05) is 19.6 Å². The standard InChI is InChI=1S/C12H20N4O/c1-9-3-4-10(5-14-9)6-15-12(17)11-7-13-8-16(11)2/h7-10,14H,3-6H2,1-2H3,(H,15,17). The maximum absolute atomic E-state index is 11.8. The first-order valence-corrected chi connectivity index (χ1v) is 6.14. The van der Waals surface area contributed by atoms with Gasteiger partial charge in [-0.2, -0.15) is 0 Å². The molecule has 1 amide bonds. The zero-order valence-electron chi connectivity index (χ0n) is 10.4. The predicted octanol–water partition coefficient (Wildman–Crippen LogP) is 0.538. The third-order valence-corrected chi connectivity index (χ3v) is 3.36. The number of piperidine rings is 1. The van der Waals surface area contributed by atoms with E-state index in [9.17, 15) is 4.79 Å². The molecule has 2 rings (SSSR count). The Kier molecular flexibility index (Phi) is 3.78. The molecule has 0 spiro atoms. The molecule has 1 fully saturated rings. The number of nitrogens with zero attached hydrogens (tertiary/aromatic N) is 2. The van der Waals surface area contributed by atoms with Crippen molar-refractivity contribution in [1.82, 2.24) is 20.2 Å². The van der Waals surface area contributed by atoms with Crippen molar-refractivity contribution in [2.24, 2.45) is 13.0 Å². The van der Waals surface area contributed by atoms with Crippen molar-refractivity contribution >= 4 is 5.91 Å². The Morgan fingerprint density at radius 3 is 3.06 bits per heavy atom. The van der Waals surface area contributed by atoms with Gasteiger partial charge in [0.1, 0.15) is 5.69 Å². The average molecular weight is 236 g/mol. The topological polar surface area (TPSA) is 59.0 Å². The van der Waals surface area contributed by atoms with Crippen LogP contribution in [-0.2, 0) is 7.05 Å². The van der Waals surface area contributed by atoms with Crippen LogP contribution < -0.4 is 10.6 Å². The Morgan fingerprint density at radius 2 is 2.47 bits per heavy atom. The van der Waals surface area contributed by atoms with Crippen LogP contribution in [0.4, 0.5) is 0 Å². The molecule has 0 bridgehead atoms. The van der Waals surface area contributed by atoms with Gasteiger partial charge in [0.15, 0.2) is 0 Å². The summed E-state index contributed by atoms with van der Waals surface area (Å²) in [5.41, 5.74) is 0.613. The van der Waals surface area contributed by atoms with E-state index < -0.39 is 0 Å². The Hall–Kier alpha value is -1.36. The fraction of sp³-hybridized carbons (Fsp3) is 0.667. The molecule has 1 aliphatic rings. The number of hydrogen-bond acceptors (Lipinski definition) is 3. The summed E-state index contributed by atoms with van der Waals surface area (Å²) in [5.74, 6) is 0.506. The first kappa shape index (κ1) is 12.1. The summed E-state index contributed by atoms with van der Waals surface area (Å²) in [4.78, 5) is 15.8. The second-order valence-corrected chi connectivity index (χ2v) is 4.85. The van der Waals surface area contributed by atoms with Crippen molar-refractivity contribution in [1.29, 1.82) is 0 Å². The van der Waals surface area contributed by atoms with E-state index in [-0.39, 0.29) is 5.91 Å². The second kappa shape index (κ2) is 5.31. The third-order valence-electron chi connectivity index (χ3n) is 3.36. The number of aromatic nitrogens is 2. The monoisotopic (exact) mass is 236 g/mol. The molecule has 2 heterocycles. The van der Waals surface area contributed by atoms with E-state index in [0.29, 0.717) is 17.7 Å². The summed E-state index contributed by atoms with van der Waals surface area (Å²) >= 11 is 0. The molecule has 1 saturated heterocycles. The van der Waals surface area contributed by atoms with Crippen LogP contribution in [0.2, 0.25) is 0 Å². The van der Waals surface area contributed by atoms with E-state index in [1.165, 1.54) is 12.8 Å². The summed E-state index contributed by atoms with van der Waals surface area (Å²) in [5, 5.41) is 6.40. The molecule has 1 aliphatic heterocycles. The van der Waals surface area contributed by atoms with Crippen LogP contribution in [0.3, 0.4) is 0 Å². The van der Waals surface area contributed by atoms with Crippen molar-refractivity contribution < 1.29 is 4.79 Å². The predicted molar refractivity (Wildman–Crippen MR) is 65.7 cm³/mol. The number of carbonyl (C=O) groups excluding carboxylic acids is 1. The molecule has 5 heteroatoms. The zero-order chi connectivity index (χ0) is 12.3. The Morgan fingerprint density at radius 1 is 1.65 bits per heavy atom. The third kappa shape index (κ3) is 3.06. The molecule has 5 nitrogen and oxygen atoms in total. The SMILES string of the molecule is CC1CCC(CNC(=O)c2cncn2C)CN1. The van der Waals surface area contributed by atoms with E-state index in [1.54, 1.807) is 17.1 Å². The van der Waals surface area contributed by atoms with Gasteiger partial charge in [-0.3, -0.25) is 4.79 Å². The first-order chi connectivity index (χ1) is 8.16. The number of carbonyl (C=O) groups is 1. The molecule has 0 aromatic carbocycles. The van der Waals surface area contributed by atoms with Crippen LogP contribution in [0, 0.1) is 5.92 Å². The van der Waals surface area contributed by atoms with Crippen LogP contribution in [0.1, 0.15) is 30.3 Å². The molecular formula is C12H20N4O. The fourth-order valence-electron chi connectivity index (χ4n) is 2.14. The summed E-state index contributed by atoms with van der Waals surface area (Å²) in [7, 11) is 1.83. The lowest BCUT2D eigenvalue weighted by atomic mass is 9.95. The van der Waals surface area contributed by atoms with E-state index in [4.69, 9.17) is 0 Å². The highest BCUT2D eigenvalue weighted by Crippen LogP contribution is 2.13. The van der Waals surface area contributed by atoms with Crippen molar-refractivity contribution in [2.75, 3.05) is 13.1 Å². The highest BCUT2D eigenvalue weighted by atomic mass is 16.1. The molecular weight excluding hydrogens is 216 g/mol. The Labute approximate surface area is 102 Å². The van der Waals surface area contributed by atoms with Crippen molar-refractivity contribution in [3.8, 4) is 0 Å². The summed E-state index contributed by atoms with van der Waals surface area (Å²) in [6.07, 6.45) is 5.60. The minimum absolute atomic E-state index is 0.0383. The van der Waals surface area contributed by atoms with Crippen molar-refractivity contribution in [3.63, 3.8) is 0 Å². The van der Waals surface area contributed by atoms with Gasteiger partial charge in [-0.1, -0.05) is 0 Å². The van der Waals surface area contributed by atoms with Gasteiger partial charge in [0.2, 0.25) is 0 Å². The van der Waals surface area contributed by atoms with Gasteiger partial charge in [0.05, 0.1) is 12.5 Å². The highest BCUT2D eigenvalue weighted by molar-refractivity contribution is 5.92. The lowest BCUT2D eigenvalue weighted by molar-refractivity contribution is 0.0935. The number of imidazole rings is 1. The molecule has 1 aromatic heterocycles. The molecule has 2 N–H and O–H groups in total. The summed E-state index contributed by atoms with van der Waals surface area (Å²) in [6.45, 7) is 3.93. The van der Waals surface area contributed by atoms with Gasteiger partial charge in [-0.25, -0.2) is 4.98 Å². The zero-order valence-corrected chi connectivity index (χ0v) is 10.4. The lowest BCUT2D eigenvalue weighted by Crippen LogP contribution is -2.42. The van der Waals surface area contributed by atoms with Gasteiger partial charge in [-0.05, 0) is 32.2 Å². The van der Waals surface area contributed by atoms with Crippen molar-refractivity contribution in [3.05, 3.63) is 18.2 Å². The molecule has 0 aliphatic carbocycles. The Bertz CT molecular complexity index is 380. The minimum atomic E-state index is -0.0383. The molecule has 2 atom stereocenters. The highest BCUT2D eigenvalue weighted by Gasteiger charge is 2.18. The number of hydrogen-bond donors (Lipinski definition) is 2. The lowest BCUT2D eigenvalue weighted by Gasteiger charge is -2.27. The molecule has 0 radical (unpaired) electrons. The van der Waals surface area contributed by atoms with Crippen molar-refractivity contribution in [2.45, 2.75) is 25.8 Å². The van der Waals surface area contributed by atoms with Crippen LogP contribution in [-0.4, -0.2) is 34.6 Å². The number of aryl methyl sites for hydroxylation is 1. The van der Waals surface area contributed by atoms with Crippen LogP contribution in [0.15, 0.2) is 12.5 Å². The normalized spacial score (nSPS) is 24.6. The number of nitrogens with one attached hydrogen (secondary N) is 2. The molecule has 2 unspecified atom stereocenters.